The maximum atomic E-state index is 12.7. The fraction of sp³-hybridized carbons (Fsp3) is 0.261. The van der Waals surface area contributed by atoms with Crippen LogP contribution in [0.4, 0.5) is 19.0 Å². The molecule has 1 aliphatic rings. The summed E-state index contributed by atoms with van der Waals surface area (Å²) in [7, 11) is 1.25. The fourth-order valence-corrected chi connectivity index (χ4v) is 3.63. The average Bonchev–Trinajstić information content (AvgIpc) is 3.00. The Labute approximate surface area is 196 Å². The van der Waals surface area contributed by atoms with Crippen molar-refractivity contribution in [2.24, 2.45) is 0 Å². The second-order valence-electron chi connectivity index (χ2n) is 8.01. The van der Waals surface area contributed by atoms with Gasteiger partial charge in [-0.15, -0.1) is 0 Å². The number of aromatic nitrogens is 3. The molecule has 3 aromatic rings. The zero-order valence-electron chi connectivity index (χ0n) is 18.4. The van der Waals surface area contributed by atoms with Crippen LogP contribution in [0, 0.1) is 18.8 Å². The monoisotopic (exact) mass is 485 g/mol. The van der Waals surface area contributed by atoms with Gasteiger partial charge in [0.2, 0.25) is 5.60 Å². The minimum Gasteiger partial charge on any atom is -0.449 e. The number of hydrogen-bond acceptors (Lipinski definition) is 8. The van der Waals surface area contributed by atoms with Crippen LogP contribution >= 0.6 is 0 Å². The number of halogens is 3. The molecule has 4 rings (SSSR count). The van der Waals surface area contributed by atoms with Gasteiger partial charge in [-0.3, -0.25) is 9.78 Å². The van der Waals surface area contributed by atoms with Crippen molar-refractivity contribution in [1.82, 2.24) is 19.9 Å². The topological polar surface area (TPSA) is 132 Å². The number of aryl methyl sites for hydroxylation is 1. The number of rotatable bonds is 2. The maximum Gasteiger partial charge on any atom is 0.490 e. The predicted molar refractivity (Wildman–Crippen MR) is 117 cm³/mol. The Morgan fingerprint density at radius 2 is 2.06 bits per heavy atom. The Balaban J connectivity index is 1.71. The summed E-state index contributed by atoms with van der Waals surface area (Å²) in [5, 5.41) is 11.4. The second kappa shape index (κ2) is 8.52. The lowest BCUT2D eigenvalue weighted by Gasteiger charge is -2.21. The van der Waals surface area contributed by atoms with Gasteiger partial charge in [0.15, 0.2) is 11.9 Å². The van der Waals surface area contributed by atoms with E-state index in [2.05, 4.69) is 31.5 Å². The summed E-state index contributed by atoms with van der Waals surface area (Å²) in [4.78, 5) is 37.5. The highest BCUT2D eigenvalue weighted by molar-refractivity contribution is 5.92. The number of likely N-dealkylation sites (N-methyl/N-ethyl adjacent to an activating group) is 1. The Morgan fingerprint density at radius 1 is 1.31 bits per heavy atom. The molecule has 0 bridgehead atoms. The van der Waals surface area contributed by atoms with E-state index < -0.39 is 36.3 Å². The summed E-state index contributed by atoms with van der Waals surface area (Å²) in [6.07, 6.45) is -4.02. The van der Waals surface area contributed by atoms with E-state index in [1.807, 2.05) is 0 Å². The molecule has 180 valence electrons. The van der Waals surface area contributed by atoms with E-state index in [1.54, 1.807) is 37.4 Å². The number of carbonyl (C=O) groups is 2. The van der Waals surface area contributed by atoms with Gasteiger partial charge < -0.3 is 20.5 Å². The lowest BCUT2D eigenvalue weighted by Crippen LogP contribution is -2.47. The first-order valence-corrected chi connectivity index (χ1v) is 10.2. The van der Waals surface area contributed by atoms with Crippen LogP contribution in [0.25, 0.3) is 22.3 Å². The molecule has 1 amide bonds. The molecule has 0 spiro atoms. The molecule has 9 nitrogen and oxygen atoms in total. The maximum absolute atomic E-state index is 12.7. The number of anilines is 1. The first kappa shape index (κ1) is 23.9. The number of fused-ring (bicyclic) bond motifs is 1. The first-order chi connectivity index (χ1) is 16.4. The third kappa shape index (κ3) is 4.58. The number of nitrogens with zero attached hydrogens (tertiary/aromatic N) is 4. The van der Waals surface area contributed by atoms with Crippen molar-refractivity contribution in [3.05, 3.63) is 47.8 Å². The number of likely N-dealkylation sites (tertiary alicyclic amines) is 1. The molecular weight excluding hydrogens is 467 g/mol. The van der Waals surface area contributed by atoms with Gasteiger partial charge in [0.25, 0.3) is 5.91 Å². The number of hydrogen-bond donors (Lipinski definition) is 2. The molecule has 12 heteroatoms. The molecule has 0 saturated carbocycles. The third-order valence-corrected chi connectivity index (χ3v) is 5.32. The molecule has 35 heavy (non-hydrogen) atoms. The molecule has 2 atom stereocenters. The number of ether oxygens (including phenoxy) is 1. The number of pyridine rings is 1. The van der Waals surface area contributed by atoms with Gasteiger partial charge in [-0.2, -0.15) is 13.2 Å². The van der Waals surface area contributed by atoms with Gasteiger partial charge in [-0.05, 0) is 42.7 Å². The zero-order valence-corrected chi connectivity index (χ0v) is 18.4. The van der Waals surface area contributed by atoms with Crippen molar-refractivity contribution in [2.75, 3.05) is 19.3 Å². The number of nitrogens with two attached hydrogens (primary N) is 1. The fourth-order valence-electron chi connectivity index (χ4n) is 3.63. The van der Waals surface area contributed by atoms with Gasteiger partial charge in [0.1, 0.15) is 5.82 Å². The van der Waals surface area contributed by atoms with Crippen LogP contribution in [0.15, 0.2) is 36.7 Å². The van der Waals surface area contributed by atoms with Crippen LogP contribution in [0.5, 0.6) is 0 Å². The smallest absolute Gasteiger partial charge is 0.449 e. The van der Waals surface area contributed by atoms with Crippen molar-refractivity contribution in [3.63, 3.8) is 0 Å². The molecule has 1 aliphatic heterocycles. The summed E-state index contributed by atoms with van der Waals surface area (Å²) < 4.78 is 42.4. The lowest BCUT2D eigenvalue weighted by atomic mass is 9.98. The molecule has 0 aliphatic carbocycles. The molecule has 1 fully saturated rings. The highest BCUT2D eigenvalue weighted by atomic mass is 19.4. The van der Waals surface area contributed by atoms with Crippen LogP contribution in [-0.4, -0.2) is 68.3 Å². The number of carbonyl (C=O) groups excluding carboxylic acids is 2. The average molecular weight is 485 g/mol. The number of alkyl halides is 3. The number of amides is 1. The number of nitrogen functional groups attached to an aromatic ring is 1. The Bertz CT molecular complexity index is 1420. The van der Waals surface area contributed by atoms with E-state index in [4.69, 9.17) is 5.73 Å². The summed E-state index contributed by atoms with van der Waals surface area (Å²) in [6.45, 7) is 1.31. The lowest BCUT2D eigenvalue weighted by molar-refractivity contribution is -0.209. The second-order valence-corrected chi connectivity index (χ2v) is 8.01. The van der Waals surface area contributed by atoms with Crippen molar-refractivity contribution in [3.8, 4) is 23.2 Å². The van der Waals surface area contributed by atoms with Crippen LogP contribution in [-0.2, 0) is 14.3 Å². The Morgan fingerprint density at radius 3 is 2.77 bits per heavy atom. The van der Waals surface area contributed by atoms with Crippen molar-refractivity contribution in [2.45, 2.75) is 24.8 Å². The van der Waals surface area contributed by atoms with E-state index in [1.165, 1.54) is 13.2 Å². The molecule has 2 aromatic heterocycles. The standard InChI is InChI=1S/C23H18F3N5O4/c1-12-7-13(9-14(8-12)19-29-16-10-28-6-4-15(16)18(27)30-19)3-5-22(34)17(11-31(2)20(22)32)35-21(33)23(24,25)26/h4,6-10,17,34H,11H2,1-2H3,(H2,27,29,30)/t17?,22-/m1/s1. The highest BCUT2D eigenvalue weighted by Gasteiger charge is 2.56. The molecule has 0 radical (unpaired) electrons. The van der Waals surface area contributed by atoms with Gasteiger partial charge in [0, 0.05) is 29.8 Å². The van der Waals surface area contributed by atoms with Gasteiger partial charge >= 0.3 is 12.1 Å². The quantitative estimate of drug-likeness (QED) is 0.414. The van der Waals surface area contributed by atoms with Crippen molar-refractivity contribution in [1.29, 1.82) is 0 Å². The highest BCUT2D eigenvalue weighted by Crippen LogP contribution is 2.28. The minimum absolute atomic E-state index is 0.241. The van der Waals surface area contributed by atoms with E-state index >= 15 is 0 Å². The van der Waals surface area contributed by atoms with E-state index in [9.17, 15) is 27.9 Å². The normalized spacial score (nSPS) is 20.0. The Kier molecular flexibility index (Phi) is 5.82. The van der Waals surface area contributed by atoms with Crippen LogP contribution in [0.3, 0.4) is 0 Å². The van der Waals surface area contributed by atoms with Crippen molar-refractivity contribution < 1.29 is 32.6 Å². The van der Waals surface area contributed by atoms with Crippen LogP contribution in [0.2, 0.25) is 0 Å². The molecule has 1 unspecified atom stereocenters. The summed E-state index contributed by atoms with van der Waals surface area (Å²) in [5.74, 6) is 1.91. The summed E-state index contributed by atoms with van der Waals surface area (Å²) in [6, 6.07) is 6.64. The van der Waals surface area contributed by atoms with Crippen LogP contribution in [0.1, 0.15) is 11.1 Å². The third-order valence-electron chi connectivity index (χ3n) is 5.32. The van der Waals surface area contributed by atoms with E-state index in [0.29, 0.717) is 22.0 Å². The van der Waals surface area contributed by atoms with Gasteiger partial charge in [0.05, 0.1) is 18.3 Å². The first-order valence-electron chi connectivity index (χ1n) is 10.2. The van der Waals surface area contributed by atoms with E-state index in [-0.39, 0.29) is 11.6 Å². The molecule has 3 heterocycles. The van der Waals surface area contributed by atoms with E-state index in [0.717, 1.165) is 10.5 Å². The van der Waals surface area contributed by atoms with Gasteiger partial charge in [-0.25, -0.2) is 14.8 Å². The van der Waals surface area contributed by atoms with Crippen molar-refractivity contribution >= 4 is 28.6 Å². The number of benzene rings is 1. The predicted octanol–water partition coefficient (Wildman–Crippen LogP) is 1.61. The number of aliphatic hydroxyl groups is 1. The summed E-state index contributed by atoms with van der Waals surface area (Å²) in [5.41, 5.74) is 5.46. The zero-order chi connectivity index (χ0) is 25.5. The minimum atomic E-state index is -5.29. The molecule has 1 saturated heterocycles. The molecular formula is C23H18F3N5O4. The SMILES string of the molecule is Cc1cc(C#C[C@]2(O)C(=O)N(C)CC2OC(=O)C(F)(F)F)cc(-c2nc(N)c3ccncc3n2)c1. The number of esters is 1. The molecule has 3 N–H and O–H groups in total. The summed E-state index contributed by atoms with van der Waals surface area (Å²) >= 11 is 0. The Hall–Kier alpha value is -4.24. The van der Waals surface area contributed by atoms with Gasteiger partial charge in [-0.1, -0.05) is 5.92 Å². The van der Waals surface area contributed by atoms with Crippen LogP contribution < -0.4 is 5.73 Å². The largest absolute Gasteiger partial charge is 0.490 e. The molecule has 1 aromatic carbocycles.